The summed E-state index contributed by atoms with van der Waals surface area (Å²) < 4.78 is 6.23. The molecule has 6 heteroatoms. The SMILES string of the molecule is O=C1CC2(CCN(C(=O)NC3CCCCC3)CC2)Oc2ccc(Cl)cc21. The lowest BCUT2D eigenvalue weighted by Gasteiger charge is -2.44. The molecule has 4 rings (SSSR count). The van der Waals surface area contributed by atoms with Crippen LogP contribution < -0.4 is 10.1 Å². The maximum absolute atomic E-state index is 12.6. The Balaban J connectivity index is 1.38. The van der Waals surface area contributed by atoms with Gasteiger partial charge in [-0.3, -0.25) is 4.79 Å². The number of ether oxygens (including phenoxy) is 1. The first kappa shape index (κ1) is 17.7. The third-order valence-corrected chi connectivity index (χ3v) is 6.18. The molecule has 2 heterocycles. The molecule has 26 heavy (non-hydrogen) atoms. The second kappa shape index (κ2) is 7.10. The van der Waals surface area contributed by atoms with Crippen LogP contribution in [0.1, 0.15) is 61.7 Å². The summed E-state index contributed by atoms with van der Waals surface area (Å²) in [4.78, 5) is 27.0. The molecular weight excluding hydrogens is 352 g/mol. The van der Waals surface area contributed by atoms with Crippen molar-refractivity contribution < 1.29 is 14.3 Å². The summed E-state index contributed by atoms with van der Waals surface area (Å²) >= 11 is 5.99. The topological polar surface area (TPSA) is 58.6 Å². The van der Waals surface area contributed by atoms with E-state index in [-0.39, 0.29) is 11.8 Å². The highest BCUT2D eigenvalue weighted by atomic mass is 35.5. The Bertz CT molecular complexity index is 707. The zero-order chi connectivity index (χ0) is 18.1. The number of piperidine rings is 1. The lowest BCUT2D eigenvalue weighted by atomic mass is 9.82. The fourth-order valence-electron chi connectivity index (χ4n) is 4.38. The van der Waals surface area contributed by atoms with Crippen LogP contribution in [0.4, 0.5) is 4.79 Å². The molecule has 1 aliphatic carbocycles. The second-order valence-corrected chi connectivity index (χ2v) is 8.23. The molecule has 2 aliphatic heterocycles. The van der Waals surface area contributed by atoms with Crippen molar-refractivity contribution in [2.45, 2.75) is 63.0 Å². The van der Waals surface area contributed by atoms with Crippen LogP contribution in [-0.2, 0) is 0 Å². The molecule has 0 radical (unpaired) electrons. The molecule has 5 nitrogen and oxygen atoms in total. The van der Waals surface area contributed by atoms with Crippen molar-refractivity contribution in [1.29, 1.82) is 0 Å². The number of halogens is 1. The van der Waals surface area contributed by atoms with Gasteiger partial charge in [-0.25, -0.2) is 4.79 Å². The standard InChI is InChI=1S/C20H25ClN2O3/c21-14-6-7-18-16(12-14)17(24)13-20(26-18)8-10-23(11-9-20)19(25)22-15-4-2-1-3-5-15/h6-7,12,15H,1-5,8-11,13H2,(H,22,25). The third kappa shape index (κ3) is 3.54. The Morgan fingerprint density at radius 1 is 1.19 bits per heavy atom. The number of benzene rings is 1. The van der Waals surface area contributed by atoms with E-state index in [9.17, 15) is 9.59 Å². The van der Waals surface area contributed by atoms with Crippen molar-refractivity contribution >= 4 is 23.4 Å². The van der Waals surface area contributed by atoms with E-state index < -0.39 is 5.60 Å². The first-order valence-electron chi connectivity index (χ1n) is 9.62. The number of nitrogens with zero attached hydrogens (tertiary/aromatic N) is 1. The van der Waals surface area contributed by atoms with Gasteiger partial charge in [0.2, 0.25) is 0 Å². The van der Waals surface area contributed by atoms with E-state index in [2.05, 4.69) is 5.32 Å². The van der Waals surface area contributed by atoms with Crippen molar-refractivity contribution in [3.63, 3.8) is 0 Å². The number of ketones is 1. The van der Waals surface area contributed by atoms with E-state index in [1.807, 2.05) is 4.90 Å². The normalized spacial score (nSPS) is 22.7. The van der Waals surface area contributed by atoms with Crippen LogP contribution in [0.25, 0.3) is 0 Å². The monoisotopic (exact) mass is 376 g/mol. The molecule has 1 saturated heterocycles. The van der Waals surface area contributed by atoms with Crippen LogP contribution in [0.3, 0.4) is 0 Å². The van der Waals surface area contributed by atoms with Gasteiger partial charge in [0.05, 0.1) is 12.0 Å². The van der Waals surface area contributed by atoms with Crippen LogP contribution in [0.15, 0.2) is 18.2 Å². The van der Waals surface area contributed by atoms with Crippen molar-refractivity contribution in [3.8, 4) is 5.75 Å². The van der Waals surface area contributed by atoms with Crippen molar-refractivity contribution in [2.24, 2.45) is 0 Å². The molecule has 0 unspecified atom stereocenters. The first-order chi connectivity index (χ1) is 12.5. The molecule has 1 spiro atoms. The molecule has 2 amide bonds. The summed E-state index contributed by atoms with van der Waals surface area (Å²) in [7, 11) is 0. The minimum atomic E-state index is -0.487. The lowest BCUT2D eigenvalue weighted by molar-refractivity contribution is -0.000944. The largest absolute Gasteiger partial charge is 0.486 e. The number of rotatable bonds is 1. The summed E-state index contributed by atoms with van der Waals surface area (Å²) in [5.74, 6) is 0.694. The fourth-order valence-corrected chi connectivity index (χ4v) is 4.55. The molecular formula is C20H25ClN2O3. The van der Waals surface area contributed by atoms with Gasteiger partial charge in [0.15, 0.2) is 5.78 Å². The van der Waals surface area contributed by atoms with Crippen LogP contribution in [0, 0.1) is 0 Å². The Kier molecular flexibility index (Phi) is 4.82. The van der Waals surface area contributed by atoms with Gasteiger partial charge in [0.25, 0.3) is 0 Å². The summed E-state index contributed by atoms with van der Waals surface area (Å²) in [6, 6.07) is 5.55. The molecule has 0 aromatic heterocycles. The van der Waals surface area contributed by atoms with Gasteiger partial charge in [-0.1, -0.05) is 30.9 Å². The first-order valence-corrected chi connectivity index (χ1v) is 10.00. The van der Waals surface area contributed by atoms with E-state index in [1.165, 1.54) is 19.3 Å². The highest BCUT2D eigenvalue weighted by Crippen LogP contribution is 2.40. The van der Waals surface area contributed by atoms with E-state index in [0.29, 0.717) is 54.7 Å². The van der Waals surface area contributed by atoms with Gasteiger partial charge in [0.1, 0.15) is 11.4 Å². The predicted octanol–water partition coefficient (Wildman–Crippen LogP) is 4.18. The minimum absolute atomic E-state index is 0.0288. The molecule has 3 aliphatic rings. The highest BCUT2D eigenvalue weighted by Gasteiger charge is 2.43. The number of fused-ring (bicyclic) bond motifs is 1. The number of carbonyl (C=O) groups is 2. The number of hydrogen-bond donors (Lipinski definition) is 1. The zero-order valence-electron chi connectivity index (χ0n) is 14.9. The van der Waals surface area contributed by atoms with Crippen molar-refractivity contribution in [1.82, 2.24) is 10.2 Å². The van der Waals surface area contributed by atoms with Gasteiger partial charge in [-0.2, -0.15) is 0 Å². The van der Waals surface area contributed by atoms with Crippen molar-refractivity contribution in [2.75, 3.05) is 13.1 Å². The van der Waals surface area contributed by atoms with Crippen LogP contribution in [-0.4, -0.2) is 41.4 Å². The quantitative estimate of drug-likeness (QED) is 0.799. The van der Waals surface area contributed by atoms with E-state index in [0.717, 1.165) is 12.8 Å². The average molecular weight is 377 g/mol. The molecule has 140 valence electrons. The number of Topliss-reactive ketones (excluding diaryl/α,β-unsaturated/α-hetero) is 1. The number of hydrogen-bond acceptors (Lipinski definition) is 3. The number of amides is 2. The fraction of sp³-hybridized carbons (Fsp3) is 0.600. The van der Waals surface area contributed by atoms with E-state index in [4.69, 9.17) is 16.3 Å². The molecule has 1 aromatic carbocycles. The van der Waals surface area contributed by atoms with Crippen molar-refractivity contribution in [3.05, 3.63) is 28.8 Å². The minimum Gasteiger partial charge on any atom is -0.486 e. The Hall–Kier alpha value is -1.75. The van der Waals surface area contributed by atoms with Gasteiger partial charge in [-0.15, -0.1) is 0 Å². The zero-order valence-corrected chi connectivity index (χ0v) is 15.7. The van der Waals surface area contributed by atoms with Crippen LogP contribution in [0.5, 0.6) is 5.75 Å². The van der Waals surface area contributed by atoms with E-state index >= 15 is 0 Å². The van der Waals surface area contributed by atoms with E-state index in [1.54, 1.807) is 18.2 Å². The maximum Gasteiger partial charge on any atom is 0.317 e. The Labute approximate surface area is 159 Å². The summed E-state index contributed by atoms with van der Waals surface area (Å²) in [5, 5.41) is 3.72. The van der Waals surface area contributed by atoms with Gasteiger partial charge >= 0.3 is 6.03 Å². The summed E-state index contributed by atoms with van der Waals surface area (Å²) in [5.41, 5.74) is 0.0834. The third-order valence-electron chi connectivity index (χ3n) is 5.95. The number of likely N-dealkylation sites (tertiary alicyclic amines) is 1. The highest BCUT2D eigenvalue weighted by molar-refractivity contribution is 6.31. The summed E-state index contributed by atoms with van der Waals surface area (Å²) in [6.07, 6.45) is 7.56. The van der Waals surface area contributed by atoms with Crippen LogP contribution >= 0.6 is 11.6 Å². The number of urea groups is 1. The number of carbonyl (C=O) groups excluding carboxylic acids is 2. The van der Waals surface area contributed by atoms with Gasteiger partial charge in [0, 0.05) is 37.0 Å². The molecule has 0 bridgehead atoms. The molecule has 1 saturated carbocycles. The molecule has 2 fully saturated rings. The molecule has 1 N–H and O–H groups in total. The number of nitrogens with one attached hydrogen (secondary N) is 1. The van der Waals surface area contributed by atoms with Crippen LogP contribution in [0.2, 0.25) is 5.02 Å². The molecule has 1 aromatic rings. The molecule has 0 atom stereocenters. The Morgan fingerprint density at radius 2 is 1.92 bits per heavy atom. The van der Waals surface area contributed by atoms with Gasteiger partial charge < -0.3 is 15.0 Å². The lowest BCUT2D eigenvalue weighted by Crippen LogP contribution is -2.55. The predicted molar refractivity (Wildman–Crippen MR) is 100.0 cm³/mol. The maximum atomic E-state index is 12.6. The van der Waals surface area contributed by atoms with Gasteiger partial charge in [-0.05, 0) is 31.0 Å². The smallest absolute Gasteiger partial charge is 0.317 e. The summed E-state index contributed by atoms with van der Waals surface area (Å²) in [6.45, 7) is 1.24. The second-order valence-electron chi connectivity index (χ2n) is 7.80. The Morgan fingerprint density at radius 3 is 2.65 bits per heavy atom. The average Bonchev–Trinajstić information content (AvgIpc) is 2.64.